The van der Waals surface area contributed by atoms with Crippen molar-refractivity contribution in [1.82, 2.24) is 5.43 Å². The zero-order valence-corrected chi connectivity index (χ0v) is 11.3. The van der Waals surface area contributed by atoms with Gasteiger partial charge in [0.05, 0.1) is 5.71 Å². The Bertz CT molecular complexity index is 672. The van der Waals surface area contributed by atoms with Crippen molar-refractivity contribution in [1.29, 1.82) is 0 Å². The predicted octanol–water partition coefficient (Wildman–Crippen LogP) is 3.01. The summed E-state index contributed by atoms with van der Waals surface area (Å²) in [5, 5.41) is 3.73. The molecule has 0 radical (unpaired) electrons. The molecule has 0 spiro atoms. The summed E-state index contributed by atoms with van der Waals surface area (Å²) >= 11 is 0. The van der Waals surface area contributed by atoms with Gasteiger partial charge >= 0.3 is 6.03 Å². The lowest BCUT2D eigenvalue weighted by atomic mass is 10.1. The number of amides is 2. The zero-order valence-electron chi connectivity index (χ0n) is 11.3. The molecule has 2 amide bonds. The predicted molar refractivity (Wildman–Crippen MR) is 77.8 cm³/mol. The highest BCUT2D eigenvalue weighted by molar-refractivity contribution is 5.99. The minimum atomic E-state index is -0.779. The molecule has 0 saturated carbocycles. The van der Waals surface area contributed by atoms with Gasteiger partial charge in [0.2, 0.25) is 0 Å². The molecule has 0 aliphatic carbocycles. The first-order chi connectivity index (χ1) is 10.1. The van der Waals surface area contributed by atoms with Crippen molar-refractivity contribution in [3.05, 3.63) is 59.9 Å². The molecule has 0 aromatic heterocycles. The van der Waals surface area contributed by atoms with Crippen LogP contribution in [0.15, 0.2) is 53.6 Å². The number of hydrogen-bond donors (Lipinski definition) is 2. The standard InChI is InChI=1S/C15H14FN3O2/c1-10(18-19-15(17)20)11-7-8-14(13(16)9-11)21-12-5-3-2-4-6-12/h2-9H,1H3,(H3,17,19,20)/b18-10+. The third-order valence-corrected chi connectivity index (χ3v) is 2.65. The van der Waals surface area contributed by atoms with Crippen molar-refractivity contribution >= 4 is 11.7 Å². The fourth-order valence-corrected chi connectivity index (χ4v) is 1.63. The Morgan fingerprint density at radius 1 is 1.24 bits per heavy atom. The van der Waals surface area contributed by atoms with E-state index >= 15 is 0 Å². The molecule has 3 N–H and O–H groups in total. The molecule has 6 heteroatoms. The van der Waals surface area contributed by atoms with Crippen LogP contribution in [0.4, 0.5) is 9.18 Å². The van der Waals surface area contributed by atoms with Gasteiger partial charge in [-0.3, -0.25) is 0 Å². The van der Waals surface area contributed by atoms with Crippen LogP contribution < -0.4 is 15.9 Å². The van der Waals surface area contributed by atoms with Gasteiger partial charge in [-0.15, -0.1) is 0 Å². The third kappa shape index (κ3) is 4.04. The van der Waals surface area contributed by atoms with E-state index in [-0.39, 0.29) is 5.75 Å². The van der Waals surface area contributed by atoms with E-state index in [4.69, 9.17) is 10.5 Å². The summed E-state index contributed by atoms with van der Waals surface area (Å²) in [7, 11) is 0. The number of halogens is 1. The van der Waals surface area contributed by atoms with Gasteiger partial charge in [0.1, 0.15) is 5.75 Å². The minimum Gasteiger partial charge on any atom is -0.454 e. The summed E-state index contributed by atoms with van der Waals surface area (Å²) in [6.07, 6.45) is 0. The molecular formula is C15H14FN3O2. The summed E-state index contributed by atoms with van der Waals surface area (Å²) in [5.41, 5.74) is 7.94. The summed E-state index contributed by atoms with van der Waals surface area (Å²) < 4.78 is 19.4. The van der Waals surface area contributed by atoms with E-state index in [0.717, 1.165) is 0 Å². The van der Waals surface area contributed by atoms with Gasteiger partial charge in [0.15, 0.2) is 11.6 Å². The van der Waals surface area contributed by atoms with E-state index in [9.17, 15) is 9.18 Å². The van der Waals surface area contributed by atoms with Crippen molar-refractivity contribution in [2.45, 2.75) is 6.92 Å². The highest BCUT2D eigenvalue weighted by Gasteiger charge is 2.08. The lowest BCUT2D eigenvalue weighted by molar-refractivity contribution is 0.249. The van der Waals surface area contributed by atoms with Crippen molar-refractivity contribution < 1.29 is 13.9 Å². The van der Waals surface area contributed by atoms with Gasteiger partial charge in [-0.2, -0.15) is 5.10 Å². The number of rotatable bonds is 4. The Kier molecular flexibility index (Phi) is 4.50. The highest BCUT2D eigenvalue weighted by Crippen LogP contribution is 2.25. The molecule has 0 aliphatic rings. The number of nitrogens with one attached hydrogen (secondary N) is 1. The van der Waals surface area contributed by atoms with Crippen LogP contribution in [0, 0.1) is 5.82 Å². The molecule has 0 fully saturated rings. The lowest BCUT2D eigenvalue weighted by Gasteiger charge is -2.08. The van der Waals surface area contributed by atoms with Gasteiger partial charge < -0.3 is 10.5 Å². The van der Waals surface area contributed by atoms with Crippen LogP contribution in [0.5, 0.6) is 11.5 Å². The number of urea groups is 1. The number of nitrogens with zero attached hydrogens (tertiary/aromatic N) is 1. The van der Waals surface area contributed by atoms with E-state index in [1.807, 2.05) is 6.07 Å². The molecule has 0 bridgehead atoms. The van der Waals surface area contributed by atoms with Gasteiger partial charge in [-0.05, 0) is 37.3 Å². The quantitative estimate of drug-likeness (QED) is 0.670. The second-order valence-electron chi connectivity index (χ2n) is 4.23. The normalized spacial score (nSPS) is 11.0. The molecule has 0 heterocycles. The third-order valence-electron chi connectivity index (χ3n) is 2.65. The number of carbonyl (C=O) groups excluding carboxylic acids is 1. The molecule has 2 rings (SSSR count). The first-order valence-electron chi connectivity index (χ1n) is 6.19. The van der Waals surface area contributed by atoms with E-state index in [1.54, 1.807) is 37.3 Å². The molecule has 0 unspecified atom stereocenters. The fourth-order valence-electron chi connectivity index (χ4n) is 1.63. The molecule has 21 heavy (non-hydrogen) atoms. The van der Waals surface area contributed by atoms with Crippen molar-refractivity contribution in [3.63, 3.8) is 0 Å². The summed E-state index contributed by atoms with van der Waals surface area (Å²) in [6, 6.07) is 12.6. The number of primary amides is 1. The first-order valence-corrected chi connectivity index (χ1v) is 6.19. The van der Waals surface area contributed by atoms with Crippen LogP contribution in [-0.4, -0.2) is 11.7 Å². The molecule has 5 nitrogen and oxygen atoms in total. The van der Waals surface area contributed by atoms with Gasteiger partial charge in [-0.1, -0.05) is 18.2 Å². The number of carbonyl (C=O) groups is 1. The van der Waals surface area contributed by atoms with Crippen LogP contribution in [0.3, 0.4) is 0 Å². The lowest BCUT2D eigenvalue weighted by Crippen LogP contribution is -2.25. The molecule has 2 aromatic rings. The Morgan fingerprint density at radius 2 is 1.95 bits per heavy atom. The number of hydrazone groups is 1. The van der Waals surface area contributed by atoms with E-state index in [1.165, 1.54) is 12.1 Å². The second-order valence-corrected chi connectivity index (χ2v) is 4.23. The van der Waals surface area contributed by atoms with Crippen molar-refractivity contribution in [3.8, 4) is 11.5 Å². The summed E-state index contributed by atoms with van der Waals surface area (Å²) in [5.74, 6) is 0.135. The largest absolute Gasteiger partial charge is 0.454 e. The van der Waals surface area contributed by atoms with Crippen LogP contribution in [0.2, 0.25) is 0 Å². The van der Waals surface area contributed by atoms with E-state index in [0.29, 0.717) is 17.0 Å². The smallest absolute Gasteiger partial charge is 0.332 e. The SMILES string of the molecule is C/C(=N\NC(N)=O)c1ccc(Oc2ccccc2)c(F)c1. The van der Waals surface area contributed by atoms with Gasteiger partial charge in [0, 0.05) is 5.56 Å². The van der Waals surface area contributed by atoms with Gasteiger partial charge in [0.25, 0.3) is 0 Å². The van der Waals surface area contributed by atoms with E-state index < -0.39 is 11.8 Å². The maximum absolute atomic E-state index is 14.0. The molecular weight excluding hydrogens is 273 g/mol. The highest BCUT2D eigenvalue weighted by atomic mass is 19.1. The molecule has 0 saturated heterocycles. The average Bonchev–Trinajstić information content (AvgIpc) is 2.48. The average molecular weight is 287 g/mol. The van der Waals surface area contributed by atoms with Crippen LogP contribution in [0.25, 0.3) is 0 Å². The number of para-hydroxylation sites is 1. The van der Waals surface area contributed by atoms with Crippen molar-refractivity contribution in [2.75, 3.05) is 0 Å². The Labute approximate surface area is 121 Å². The molecule has 2 aromatic carbocycles. The first kappa shape index (κ1) is 14.5. The monoisotopic (exact) mass is 287 g/mol. The number of ether oxygens (including phenoxy) is 1. The Hall–Kier alpha value is -2.89. The topological polar surface area (TPSA) is 76.7 Å². The maximum Gasteiger partial charge on any atom is 0.332 e. The zero-order chi connectivity index (χ0) is 15.2. The van der Waals surface area contributed by atoms with Gasteiger partial charge in [-0.25, -0.2) is 14.6 Å². The molecule has 0 aliphatic heterocycles. The van der Waals surface area contributed by atoms with Crippen LogP contribution in [-0.2, 0) is 0 Å². The Morgan fingerprint density at radius 3 is 2.57 bits per heavy atom. The van der Waals surface area contributed by atoms with Crippen molar-refractivity contribution in [2.24, 2.45) is 10.8 Å². The van der Waals surface area contributed by atoms with Crippen LogP contribution in [0.1, 0.15) is 12.5 Å². The summed E-state index contributed by atoms with van der Waals surface area (Å²) in [4.78, 5) is 10.6. The number of hydrogen-bond acceptors (Lipinski definition) is 3. The summed E-state index contributed by atoms with van der Waals surface area (Å²) in [6.45, 7) is 1.63. The fraction of sp³-hybridized carbons (Fsp3) is 0.0667. The van der Waals surface area contributed by atoms with Crippen LogP contribution >= 0.6 is 0 Å². The number of nitrogens with two attached hydrogens (primary N) is 1. The Balaban J connectivity index is 2.17. The maximum atomic E-state index is 14.0. The molecule has 108 valence electrons. The number of benzene rings is 2. The second kappa shape index (κ2) is 6.51. The minimum absolute atomic E-state index is 0.112. The molecule has 0 atom stereocenters. The van der Waals surface area contributed by atoms with E-state index in [2.05, 4.69) is 10.5 Å².